The molecule has 0 bridgehead atoms. The van der Waals surface area contributed by atoms with Crippen LogP contribution in [0.15, 0.2) is 47.3 Å². The lowest BCUT2D eigenvalue weighted by Crippen LogP contribution is -2.14. The van der Waals surface area contributed by atoms with Crippen LogP contribution in [0.2, 0.25) is 0 Å². The number of aromatic amines is 1. The molecular formula is C13H11N3O2. The molecule has 0 radical (unpaired) electrons. The van der Waals surface area contributed by atoms with Gasteiger partial charge in [-0.1, -0.05) is 0 Å². The van der Waals surface area contributed by atoms with Crippen molar-refractivity contribution in [1.82, 2.24) is 9.55 Å². The Morgan fingerprint density at radius 2 is 1.83 bits per heavy atom. The predicted molar refractivity (Wildman–Crippen MR) is 70.0 cm³/mol. The van der Waals surface area contributed by atoms with Gasteiger partial charge in [-0.05, 0) is 42.5 Å². The first-order chi connectivity index (χ1) is 8.65. The lowest BCUT2D eigenvalue weighted by Gasteiger charge is -2.03. The number of benzene rings is 2. The molecule has 0 aliphatic rings. The lowest BCUT2D eigenvalue weighted by molar-refractivity contribution is 0.475. The Bertz CT molecular complexity index is 769. The van der Waals surface area contributed by atoms with Crippen molar-refractivity contribution in [3.05, 3.63) is 52.9 Å². The summed E-state index contributed by atoms with van der Waals surface area (Å²) in [7, 11) is 0. The zero-order valence-electron chi connectivity index (χ0n) is 9.42. The fourth-order valence-corrected chi connectivity index (χ4v) is 1.99. The van der Waals surface area contributed by atoms with Crippen LogP contribution in [0.3, 0.4) is 0 Å². The second-order valence-electron chi connectivity index (χ2n) is 4.06. The number of phenols is 1. The SMILES string of the molecule is Nc1ccc2c(c1)[nH]c(=O)n2-c1ccc(O)cc1. The molecule has 18 heavy (non-hydrogen) atoms. The fourth-order valence-electron chi connectivity index (χ4n) is 1.99. The monoisotopic (exact) mass is 241 g/mol. The van der Waals surface area contributed by atoms with Gasteiger partial charge in [0, 0.05) is 5.69 Å². The minimum atomic E-state index is -0.235. The van der Waals surface area contributed by atoms with Crippen LogP contribution in [0.4, 0.5) is 5.69 Å². The Kier molecular flexibility index (Phi) is 2.13. The van der Waals surface area contributed by atoms with Gasteiger partial charge in [0.15, 0.2) is 0 Å². The van der Waals surface area contributed by atoms with Gasteiger partial charge in [-0.25, -0.2) is 4.79 Å². The van der Waals surface area contributed by atoms with Crippen molar-refractivity contribution < 1.29 is 5.11 Å². The summed E-state index contributed by atoms with van der Waals surface area (Å²) in [6.07, 6.45) is 0. The van der Waals surface area contributed by atoms with Gasteiger partial charge in [-0.2, -0.15) is 0 Å². The summed E-state index contributed by atoms with van der Waals surface area (Å²) in [6, 6.07) is 11.7. The zero-order chi connectivity index (χ0) is 12.7. The number of phenolic OH excluding ortho intramolecular Hbond substituents is 1. The lowest BCUT2D eigenvalue weighted by atomic mass is 10.2. The van der Waals surface area contributed by atoms with E-state index in [0.717, 1.165) is 5.52 Å². The van der Waals surface area contributed by atoms with Gasteiger partial charge in [0.25, 0.3) is 0 Å². The van der Waals surface area contributed by atoms with Crippen LogP contribution in [0.5, 0.6) is 5.75 Å². The first kappa shape index (κ1) is 10.5. The second-order valence-corrected chi connectivity index (χ2v) is 4.06. The molecule has 0 aliphatic carbocycles. The minimum absolute atomic E-state index is 0.163. The molecule has 0 atom stereocenters. The maximum atomic E-state index is 11.9. The van der Waals surface area contributed by atoms with E-state index in [4.69, 9.17) is 5.73 Å². The van der Waals surface area contributed by atoms with E-state index in [1.165, 1.54) is 16.7 Å². The second kappa shape index (κ2) is 3.66. The molecule has 0 fully saturated rings. The van der Waals surface area contributed by atoms with Gasteiger partial charge >= 0.3 is 5.69 Å². The Balaban J connectivity index is 2.32. The van der Waals surface area contributed by atoms with Crippen LogP contribution < -0.4 is 11.4 Å². The third-order valence-corrected chi connectivity index (χ3v) is 2.81. The number of hydrogen-bond donors (Lipinski definition) is 3. The molecule has 1 aromatic heterocycles. The van der Waals surface area contributed by atoms with Gasteiger partial charge in [-0.3, -0.25) is 4.57 Å². The number of fused-ring (bicyclic) bond motifs is 1. The number of aromatic nitrogens is 2. The predicted octanol–water partition coefficient (Wildman–Crippen LogP) is 1.61. The number of aromatic hydroxyl groups is 1. The third kappa shape index (κ3) is 1.53. The van der Waals surface area contributed by atoms with Crippen LogP contribution in [0.25, 0.3) is 16.7 Å². The van der Waals surface area contributed by atoms with Crippen LogP contribution in [-0.2, 0) is 0 Å². The molecule has 0 saturated carbocycles. The summed E-state index contributed by atoms with van der Waals surface area (Å²) in [5.74, 6) is 0.163. The molecule has 90 valence electrons. The van der Waals surface area contributed by atoms with Crippen LogP contribution >= 0.6 is 0 Å². The number of imidazole rings is 1. The Hall–Kier alpha value is -2.69. The van der Waals surface area contributed by atoms with Gasteiger partial charge in [-0.15, -0.1) is 0 Å². The highest BCUT2D eigenvalue weighted by atomic mass is 16.3. The van der Waals surface area contributed by atoms with Crippen molar-refractivity contribution in [2.24, 2.45) is 0 Å². The summed E-state index contributed by atoms with van der Waals surface area (Å²) in [6.45, 7) is 0. The van der Waals surface area contributed by atoms with Crippen LogP contribution in [-0.4, -0.2) is 14.7 Å². The molecule has 0 aliphatic heterocycles. The topological polar surface area (TPSA) is 84.0 Å². The van der Waals surface area contributed by atoms with E-state index in [1.54, 1.807) is 30.3 Å². The number of H-pyrrole nitrogens is 1. The van der Waals surface area contributed by atoms with Gasteiger partial charge in [0.05, 0.1) is 16.7 Å². The average molecular weight is 241 g/mol. The maximum Gasteiger partial charge on any atom is 0.331 e. The standard InChI is InChI=1S/C13H11N3O2/c14-8-1-6-12-11(7-8)15-13(18)16(12)9-2-4-10(17)5-3-9/h1-7,17H,14H2,(H,15,18). The van der Waals surface area contributed by atoms with E-state index in [2.05, 4.69) is 4.98 Å². The molecule has 0 amide bonds. The van der Waals surface area contributed by atoms with Gasteiger partial charge in [0.2, 0.25) is 0 Å². The Morgan fingerprint density at radius 1 is 1.11 bits per heavy atom. The van der Waals surface area contributed by atoms with Gasteiger partial charge in [0.1, 0.15) is 5.75 Å². The van der Waals surface area contributed by atoms with E-state index in [-0.39, 0.29) is 11.4 Å². The summed E-state index contributed by atoms with van der Waals surface area (Å²) in [4.78, 5) is 14.7. The molecule has 3 rings (SSSR count). The summed E-state index contributed by atoms with van der Waals surface area (Å²) in [5, 5.41) is 9.26. The highest BCUT2D eigenvalue weighted by Gasteiger charge is 2.08. The number of rotatable bonds is 1. The maximum absolute atomic E-state index is 11.9. The first-order valence-corrected chi connectivity index (χ1v) is 5.45. The molecule has 1 heterocycles. The molecule has 3 aromatic rings. The highest BCUT2D eigenvalue weighted by molar-refractivity contribution is 5.80. The Morgan fingerprint density at radius 3 is 2.56 bits per heavy atom. The fraction of sp³-hybridized carbons (Fsp3) is 0. The smallest absolute Gasteiger partial charge is 0.331 e. The van der Waals surface area contributed by atoms with Crippen molar-refractivity contribution in [3.8, 4) is 11.4 Å². The zero-order valence-corrected chi connectivity index (χ0v) is 9.42. The first-order valence-electron chi connectivity index (χ1n) is 5.45. The van der Waals surface area contributed by atoms with E-state index in [9.17, 15) is 9.90 Å². The van der Waals surface area contributed by atoms with E-state index >= 15 is 0 Å². The van der Waals surface area contributed by atoms with Crippen LogP contribution in [0.1, 0.15) is 0 Å². The van der Waals surface area contributed by atoms with Crippen molar-refractivity contribution in [3.63, 3.8) is 0 Å². The molecule has 2 aromatic carbocycles. The quantitative estimate of drug-likeness (QED) is 0.566. The number of nitrogens with zero attached hydrogens (tertiary/aromatic N) is 1. The van der Waals surface area contributed by atoms with Gasteiger partial charge < -0.3 is 15.8 Å². The van der Waals surface area contributed by atoms with Crippen molar-refractivity contribution in [2.45, 2.75) is 0 Å². The molecule has 0 saturated heterocycles. The number of hydrogen-bond acceptors (Lipinski definition) is 3. The summed E-state index contributed by atoms with van der Waals surface area (Å²) in [5.41, 5.74) is 8.17. The minimum Gasteiger partial charge on any atom is -0.508 e. The summed E-state index contributed by atoms with van der Waals surface area (Å²) < 4.78 is 1.54. The highest BCUT2D eigenvalue weighted by Crippen LogP contribution is 2.19. The average Bonchev–Trinajstić information content (AvgIpc) is 2.65. The number of anilines is 1. The molecule has 0 unspecified atom stereocenters. The number of nitrogen functional groups attached to an aromatic ring is 1. The molecule has 5 nitrogen and oxygen atoms in total. The largest absolute Gasteiger partial charge is 0.508 e. The van der Waals surface area contributed by atoms with E-state index in [0.29, 0.717) is 16.9 Å². The third-order valence-electron chi connectivity index (χ3n) is 2.81. The van der Waals surface area contributed by atoms with Crippen molar-refractivity contribution in [1.29, 1.82) is 0 Å². The van der Waals surface area contributed by atoms with Crippen molar-refractivity contribution in [2.75, 3.05) is 5.73 Å². The molecule has 0 spiro atoms. The van der Waals surface area contributed by atoms with Crippen LogP contribution in [0, 0.1) is 0 Å². The Labute approximate surface area is 102 Å². The molecule has 5 heteroatoms. The van der Waals surface area contributed by atoms with Crippen molar-refractivity contribution >= 4 is 16.7 Å². The molecular weight excluding hydrogens is 230 g/mol. The summed E-state index contributed by atoms with van der Waals surface area (Å²) >= 11 is 0. The normalized spacial score (nSPS) is 10.9. The molecule has 4 N–H and O–H groups in total. The van der Waals surface area contributed by atoms with E-state index in [1.807, 2.05) is 0 Å². The number of nitrogens with two attached hydrogens (primary N) is 1. The van der Waals surface area contributed by atoms with E-state index < -0.39 is 0 Å². The number of nitrogens with one attached hydrogen (secondary N) is 1.